The van der Waals surface area contributed by atoms with Gasteiger partial charge in [0.2, 0.25) is 0 Å². The van der Waals surface area contributed by atoms with Gasteiger partial charge in [-0.1, -0.05) is 18.2 Å². The molecule has 0 heterocycles. The van der Waals surface area contributed by atoms with Gasteiger partial charge in [-0.05, 0) is 60.2 Å². The van der Waals surface area contributed by atoms with Gasteiger partial charge in [0.25, 0.3) is 0 Å². The topological polar surface area (TPSA) is 44.5 Å². The molecule has 2 aromatic carbocycles. The predicted molar refractivity (Wildman–Crippen MR) is 83.6 cm³/mol. The number of nitrogens with two attached hydrogens (primary N) is 1. The second kappa shape index (κ2) is 6.19. The summed E-state index contributed by atoms with van der Waals surface area (Å²) in [7, 11) is 1.67. The van der Waals surface area contributed by atoms with Crippen LogP contribution in [0.2, 0.25) is 0 Å². The first-order valence-corrected chi connectivity index (χ1v) is 7.40. The lowest BCUT2D eigenvalue weighted by Crippen LogP contribution is -2.17. The van der Waals surface area contributed by atoms with E-state index in [-0.39, 0.29) is 6.04 Å². The van der Waals surface area contributed by atoms with E-state index >= 15 is 0 Å². The summed E-state index contributed by atoms with van der Waals surface area (Å²) < 4.78 is 11.1. The molecule has 0 amide bonds. The fourth-order valence-corrected chi connectivity index (χ4v) is 2.83. The molecule has 0 saturated heterocycles. The second-order valence-electron chi connectivity index (χ2n) is 5.50. The van der Waals surface area contributed by atoms with Crippen LogP contribution in [0.4, 0.5) is 0 Å². The molecule has 0 spiro atoms. The molecule has 0 fully saturated rings. The molecule has 1 aliphatic carbocycles. The molecule has 0 saturated carbocycles. The first-order chi connectivity index (χ1) is 10.3. The highest BCUT2D eigenvalue weighted by molar-refractivity contribution is 5.39. The lowest BCUT2D eigenvalue weighted by molar-refractivity contribution is 0.304. The van der Waals surface area contributed by atoms with E-state index in [4.69, 9.17) is 15.2 Å². The maximum atomic E-state index is 6.19. The molecule has 0 aromatic heterocycles. The molecular formula is C18H21NO2. The average molecular weight is 283 g/mol. The van der Waals surface area contributed by atoms with Crippen molar-refractivity contribution in [3.05, 3.63) is 59.2 Å². The molecule has 0 unspecified atom stereocenters. The Hall–Kier alpha value is -2.00. The summed E-state index contributed by atoms with van der Waals surface area (Å²) in [6.45, 7) is 0.533. The zero-order chi connectivity index (χ0) is 14.7. The molecular weight excluding hydrogens is 262 g/mol. The highest BCUT2D eigenvalue weighted by atomic mass is 16.5. The van der Waals surface area contributed by atoms with Crippen LogP contribution >= 0.6 is 0 Å². The van der Waals surface area contributed by atoms with E-state index in [1.165, 1.54) is 17.5 Å². The van der Waals surface area contributed by atoms with Gasteiger partial charge in [0, 0.05) is 6.04 Å². The van der Waals surface area contributed by atoms with E-state index < -0.39 is 0 Å². The Labute approximate surface area is 125 Å². The van der Waals surface area contributed by atoms with Crippen LogP contribution in [0, 0.1) is 0 Å². The van der Waals surface area contributed by atoms with Gasteiger partial charge in [0.1, 0.15) is 18.1 Å². The smallest absolute Gasteiger partial charge is 0.120 e. The van der Waals surface area contributed by atoms with Gasteiger partial charge < -0.3 is 15.2 Å². The average Bonchev–Trinajstić information content (AvgIpc) is 2.54. The van der Waals surface area contributed by atoms with Gasteiger partial charge in [0.05, 0.1) is 7.11 Å². The standard InChI is InChI=1S/C18H21NO2/c1-20-15-6-2-4-13(10-15)12-21-16-9-8-14-5-3-7-18(19)17(14)11-16/h2,4,6,8-11,18H,3,5,7,12,19H2,1H3/t18-/m1/s1. The van der Waals surface area contributed by atoms with Crippen molar-refractivity contribution in [2.75, 3.05) is 7.11 Å². The Kier molecular flexibility index (Phi) is 4.11. The zero-order valence-corrected chi connectivity index (χ0v) is 12.3. The van der Waals surface area contributed by atoms with Crippen LogP contribution in [0.15, 0.2) is 42.5 Å². The molecule has 21 heavy (non-hydrogen) atoms. The van der Waals surface area contributed by atoms with Gasteiger partial charge >= 0.3 is 0 Å². The fraction of sp³-hybridized carbons (Fsp3) is 0.333. The van der Waals surface area contributed by atoms with Crippen LogP contribution in [0.5, 0.6) is 11.5 Å². The fourth-order valence-electron chi connectivity index (χ4n) is 2.83. The van der Waals surface area contributed by atoms with Crippen molar-refractivity contribution < 1.29 is 9.47 Å². The van der Waals surface area contributed by atoms with Crippen molar-refractivity contribution >= 4 is 0 Å². The molecule has 0 aliphatic heterocycles. The van der Waals surface area contributed by atoms with E-state index in [1.807, 2.05) is 30.3 Å². The zero-order valence-electron chi connectivity index (χ0n) is 12.3. The molecule has 0 bridgehead atoms. The number of methoxy groups -OCH3 is 1. The second-order valence-corrected chi connectivity index (χ2v) is 5.50. The SMILES string of the molecule is COc1cccc(COc2ccc3c(c2)[C@H](N)CCC3)c1. The van der Waals surface area contributed by atoms with Crippen LogP contribution in [0.1, 0.15) is 35.6 Å². The number of hydrogen-bond acceptors (Lipinski definition) is 3. The molecule has 3 heteroatoms. The molecule has 2 N–H and O–H groups in total. The van der Waals surface area contributed by atoms with Gasteiger partial charge in [-0.15, -0.1) is 0 Å². The first-order valence-electron chi connectivity index (χ1n) is 7.40. The third-order valence-corrected chi connectivity index (χ3v) is 4.02. The van der Waals surface area contributed by atoms with Gasteiger partial charge in [0.15, 0.2) is 0 Å². The van der Waals surface area contributed by atoms with E-state index in [0.29, 0.717) is 6.61 Å². The Morgan fingerprint density at radius 3 is 2.90 bits per heavy atom. The molecule has 3 nitrogen and oxygen atoms in total. The van der Waals surface area contributed by atoms with Crippen molar-refractivity contribution in [2.24, 2.45) is 5.73 Å². The largest absolute Gasteiger partial charge is 0.497 e. The van der Waals surface area contributed by atoms with Crippen LogP contribution in [0.25, 0.3) is 0 Å². The van der Waals surface area contributed by atoms with Crippen molar-refractivity contribution in [1.82, 2.24) is 0 Å². The number of benzene rings is 2. The molecule has 110 valence electrons. The summed E-state index contributed by atoms with van der Waals surface area (Å²) in [5.74, 6) is 1.73. The summed E-state index contributed by atoms with van der Waals surface area (Å²) in [6.07, 6.45) is 3.36. The summed E-state index contributed by atoms with van der Waals surface area (Å²) in [4.78, 5) is 0. The molecule has 2 aromatic rings. The number of rotatable bonds is 4. The molecule has 1 atom stereocenters. The Morgan fingerprint density at radius 1 is 1.14 bits per heavy atom. The Bertz CT molecular complexity index is 624. The maximum absolute atomic E-state index is 6.19. The third kappa shape index (κ3) is 3.19. The molecule has 1 aliphatic rings. The maximum Gasteiger partial charge on any atom is 0.120 e. The van der Waals surface area contributed by atoms with Crippen molar-refractivity contribution in [2.45, 2.75) is 31.9 Å². The van der Waals surface area contributed by atoms with Gasteiger partial charge in [-0.3, -0.25) is 0 Å². The number of hydrogen-bond donors (Lipinski definition) is 1. The summed E-state index contributed by atoms with van der Waals surface area (Å²) in [5.41, 5.74) is 9.89. The summed E-state index contributed by atoms with van der Waals surface area (Å²) in [5, 5.41) is 0. The molecule has 0 radical (unpaired) electrons. The third-order valence-electron chi connectivity index (χ3n) is 4.02. The van der Waals surface area contributed by atoms with E-state index in [9.17, 15) is 0 Å². The Morgan fingerprint density at radius 2 is 2.05 bits per heavy atom. The predicted octanol–water partition coefficient (Wildman–Crippen LogP) is 3.61. The van der Waals surface area contributed by atoms with Crippen molar-refractivity contribution in [3.63, 3.8) is 0 Å². The van der Waals surface area contributed by atoms with E-state index in [0.717, 1.165) is 29.9 Å². The van der Waals surface area contributed by atoms with Crippen molar-refractivity contribution in [3.8, 4) is 11.5 Å². The number of aryl methyl sites for hydroxylation is 1. The normalized spacial score (nSPS) is 17.1. The lowest BCUT2D eigenvalue weighted by atomic mass is 9.88. The Balaban J connectivity index is 1.72. The van der Waals surface area contributed by atoms with Crippen LogP contribution in [0.3, 0.4) is 0 Å². The van der Waals surface area contributed by atoms with Crippen LogP contribution < -0.4 is 15.2 Å². The van der Waals surface area contributed by atoms with Gasteiger partial charge in [-0.2, -0.15) is 0 Å². The highest BCUT2D eigenvalue weighted by Gasteiger charge is 2.17. The summed E-state index contributed by atoms with van der Waals surface area (Å²) in [6, 6.07) is 14.4. The van der Waals surface area contributed by atoms with Crippen LogP contribution in [-0.2, 0) is 13.0 Å². The van der Waals surface area contributed by atoms with Crippen molar-refractivity contribution in [1.29, 1.82) is 0 Å². The minimum atomic E-state index is 0.147. The number of fused-ring (bicyclic) bond motifs is 1. The van der Waals surface area contributed by atoms with Crippen LogP contribution in [-0.4, -0.2) is 7.11 Å². The molecule has 3 rings (SSSR count). The first kappa shape index (κ1) is 14.0. The highest BCUT2D eigenvalue weighted by Crippen LogP contribution is 2.31. The summed E-state index contributed by atoms with van der Waals surface area (Å²) >= 11 is 0. The van der Waals surface area contributed by atoms with E-state index in [2.05, 4.69) is 12.1 Å². The minimum absolute atomic E-state index is 0.147. The number of ether oxygens (including phenoxy) is 2. The quantitative estimate of drug-likeness (QED) is 0.932. The van der Waals surface area contributed by atoms with Gasteiger partial charge in [-0.25, -0.2) is 0 Å². The lowest BCUT2D eigenvalue weighted by Gasteiger charge is -2.22. The van der Waals surface area contributed by atoms with E-state index in [1.54, 1.807) is 7.11 Å². The monoisotopic (exact) mass is 283 g/mol. The minimum Gasteiger partial charge on any atom is -0.497 e.